The number of nitrogens with two attached hydrogens (primary N) is 2. The highest BCUT2D eigenvalue weighted by Gasteiger charge is 2.30. The Labute approximate surface area is 807 Å². The number of carbonyl (C=O) groups is 5. The number of amides is 2. The third-order valence-corrected chi connectivity index (χ3v) is 17.5. The lowest BCUT2D eigenvalue weighted by molar-refractivity contribution is 0.0512. The molecule has 0 bridgehead atoms. The van der Waals surface area contributed by atoms with Crippen LogP contribution in [0.25, 0.3) is 27.4 Å². The number of pyridine rings is 3. The van der Waals surface area contributed by atoms with Crippen molar-refractivity contribution in [3.05, 3.63) is 119 Å². The van der Waals surface area contributed by atoms with E-state index in [0.29, 0.717) is 152 Å². The SMILES string of the molecule is CC(C)(O)CCN.CC(C)(O)CCN.CC(C)(O)CCN=[N+]=[N-].CC(C)(O)CCO.CCCC(C)(C)O.CNc1cc(Nc2cccnc2OC)nc2c(C(=O)CCCC(C)(C)O)cnn12.COc1ncccc1Nc1cc(N(C)C(=O)OC(C)(C)C)n2ncc(C(=O)CCCC(C)(C)O)c2n1.COc1ncccc1Nc1cc(N(C)C(=O)OC(C)(C)C)n2ncc(C(=O)O)c2n1.CS(=O)(=O)Cl. The third-order valence-electron chi connectivity index (χ3n) is 17.5. The van der Waals surface area contributed by atoms with Crippen molar-refractivity contribution in [3.63, 3.8) is 0 Å². The lowest BCUT2D eigenvalue weighted by atomic mass is 9.99. The predicted octanol–water partition coefficient (Wildman–Crippen LogP) is 13.9. The number of ketones is 2. The number of azide groups is 1. The zero-order chi connectivity index (χ0) is 105. The molecule has 0 saturated heterocycles. The zero-order valence-electron chi connectivity index (χ0n) is 84.4. The van der Waals surface area contributed by atoms with Gasteiger partial charge >= 0.3 is 18.2 Å². The van der Waals surface area contributed by atoms with Gasteiger partial charge in [-0.25, -0.2) is 52.7 Å². The molecule has 0 fully saturated rings. The summed E-state index contributed by atoms with van der Waals surface area (Å²) in [6.07, 6.45) is 15.6. The number of hydrogen-bond donors (Lipinski definition) is 15. The van der Waals surface area contributed by atoms with Crippen LogP contribution in [0.15, 0.2) is 96.9 Å². The van der Waals surface area contributed by atoms with Crippen molar-refractivity contribution in [2.45, 2.75) is 273 Å². The molecule has 0 saturated carbocycles. The highest BCUT2D eigenvalue weighted by atomic mass is 35.7. The average molecular weight is 1970 g/mol. The van der Waals surface area contributed by atoms with Gasteiger partial charge in [-0.2, -0.15) is 28.8 Å². The summed E-state index contributed by atoms with van der Waals surface area (Å²) in [7, 11) is 10.7. The number of fused-ring (bicyclic) bond motifs is 3. The van der Waals surface area contributed by atoms with Gasteiger partial charge in [-0.3, -0.25) is 19.4 Å². The molecule has 9 heterocycles. The number of carboxylic acid groups (broad SMARTS) is 1. The van der Waals surface area contributed by atoms with E-state index in [2.05, 4.69) is 94.1 Å². The van der Waals surface area contributed by atoms with Crippen LogP contribution in [0.3, 0.4) is 0 Å². The Morgan fingerprint density at radius 2 is 0.810 bits per heavy atom. The molecule has 2 amide bonds. The number of aliphatic hydroxyl groups excluding tert-OH is 1. The van der Waals surface area contributed by atoms with E-state index in [1.807, 2.05) is 19.9 Å². The fourth-order valence-corrected chi connectivity index (χ4v) is 11.0. The van der Waals surface area contributed by atoms with E-state index in [0.717, 1.165) is 19.1 Å². The van der Waals surface area contributed by atoms with E-state index >= 15 is 0 Å². The van der Waals surface area contributed by atoms with E-state index in [-0.39, 0.29) is 53.1 Å². The van der Waals surface area contributed by atoms with Crippen LogP contribution >= 0.6 is 10.7 Å². The maximum Gasteiger partial charge on any atom is 0.415 e. The van der Waals surface area contributed by atoms with Crippen molar-refractivity contribution in [2.75, 3.05) is 106 Å². The van der Waals surface area contributed by atoms with E-state index in [9.17, 15) is 47.7 Å². The summed E-state index contributed by atoms with van der Waals surface area (Å²) < 4.78 is 49.8. The van der Waals surface area contributed by atoms with Crippen LogP contribution in [0, 0.1) is 0 Å². The van der Waals surface area contributed by atoms with Gasteiger partial charge in [0.05, 0.1) is 96.5 Å². The van der Waals surface area contributed by atoms with Crippen LogP contribution in [0.2, 0.25) is 0 Å². The quantitative estimate of drug-likeness (QED) is 0.00585. The van der Waals surface area contributed by atoms with Crippen molar-refractivity contribution in [3.8, 4) is 17.6 Å². The molecule has 0 unspecified atom stereocenters. The first-order valence-corrected chi connectivity index (χ1v) is 46.6. The largest absolute Gasteiger partial charge is 0.480 e. The molecular formula is C91H148ClN23O21S. The molecular weight excluding hydrogens is 1820 g/mol. The van der Waals surface area contributed by atoms with Crippen molar-refractivity contribution in [1.29, 1.82) is 0 Å². The van der Waals surface area contributed by atoms with Crippen LogP contribution in [0.1, 0.15) is 254 Å². The molecule has 0 aliphatic carbocycles. The molecule has 44 nitrogen and oxygen atoms in total. The summed E-state index contributed by atoms with van der Waals surface area (Å²) >= 11 is 0. The highest BCUT2D eigenvalue weighted by Crippen LogP contribution is 2.33. The summed E-state index contributed by atoms with van der Waals surface area (Å²) in [6.45, 7) is 38.4. The first-order valence-electron chi connectivity index (χ1n) is 43.9. The van der Waals surface area contributed by atoms with Crippen molar-refractivity contribution < 1.29 is 102 Å². The smallest absolute Gasteiger partial charge is 0.415 e. The Kier molecular flexibility index (Phi) is 50.7. The Balaban J connectivity index is 0.000000849. The molecule has 0 radical (unpaired) electrons. The average Bonchev–Trinajstić information content (AvgIpc) is 1.65. The second-order valence-corrected chi connectivity index (χ2v) is 40.6. The minimum absolute atomic E-state index is 0.0563. The molecule has 9 aromatic rings. The summed E-state index contributed by atoms with van der Waals surface area (Å²) in [4.78, 5) is 93.9. The van der Waals surface area contributed by atoms with Gasteiger partial charge < -0.3 is 102 Å². The van der Waals surface area contributed by atoms with Crippen LogP contribution in [-0.4, -0.2) is 268 Å². The van der Waals surface area contributed by atoms with Gasteiger partial charge in [-0.1, -0.05) is 18.5 Å². The maximum absolute atomic E-state index is 13.0. The van der Waals surface area contributed by atoms with E-state index in [1.165, 1.54) is 58.7 Å². The second-order valence-electron chi connectivity index (χ2n) is 37.5. The lowest BCUT2D eigenvalue weighted by Crippen LogP contribution is -2.35. The molecule has 0 spiro atoms. The fraction of sp³-hybridized carbons (Fsp3) is 0.582. The number of carbonyl (C=O) groups excluding carboxylic acids is 4. The lowest BCUT2D eigenvalue weighted by Gasteiger charge is -2.25. The van der Waals surface area contributed by atoms with Gasteiger partial charge in [0, 0.05) is 99.5 Å². The number of rotatable bonds is 34. The Morgan fingerprint density at radius 1 is 0.504 bits per heavy atom. The molecule has 0 aliphatic rings. The number of aliphatic hydroxyl groups is 8. The summed E-state index contributed by atoms with van der Waals surface area (Å²) in [5.41, 5.74) is 15.2. The number of ether oxygens (including phenoxy) is 5. The Morgan fingerprint density at radius 3 is 1.07 bits per heavy atom. The number of aromatic carboxylic acids is 1. The number of aromatic nitrogens is 12. The third kappa shape index (κ3) is 51.4. The van der Waals surface area contributed by atoms with E-state index in [4.69, 9.17) is 71.3 Å². The number of hydrogen-bond acceptors (Lipinski definition) is 36. The number of nitrogens with zero attached hydrogens (tertiary/aromatic N) is 17. The van der Waals surface area contributed by atoms with Gasteiger partial charge in [0.25, 0.3) is 0 Å². The van der Waals surface area contributed by atoms with Crippen LogP contribution in [0.4, 0.5) is 61.6 Å². The molecule has 17 N–H and O–H groups in total. The maximum atomic E-state index is 13.0. The standard InChI is InChI=1S/C25H34N6O5.C20H26N6O3.C19H22N6O5.C6H14O.C5H11N3O.2C5H13NO.C5H12O2.CH3ClO2S/c1-24(2,3)36-23(33)30(6)20-14-19(28-17-10-9-13-26-22(17)35-7)29-21-16(15-27-31(20)21)18(32)11-8-12-25(4,5)34;1-20(2,28)9-5-8-15(27)13-12-23-26-17(21-3)11-16(25-18(13)26)24-14-7-6-10-22-19(14)29-4;1-19(2,3)30-18(28)24(4)14-9-13(22-12-7-6-8-20-16(12)29-5)23-15-11(17(26)27)10-21-25(14)15;1-4-5-6(2,3)7;1-5(2,9)3-4-7-8-6;3*1-5(2,7)3-4-6;1-5(2,3)4/h9-10,13-15,34H,8,11-12H2,1-7H3,(H,28,29);6-7,10-12,21,28H,5,8-9H2,1-4H3,(H,24,25);6-10H,1-5H3,(H,22,23)(H,26,27);7H,4-5H2,1-3H3;9H,3-4H2,1-2H3;2*7H,3-4,6H2,1-2H3;6-7H,3-4H2,1-2H3;1H3. The molecule has 0 aliphatic heterocycles. The summed E-state index contributed by atoms with van der Waals surface area (Å²) in [5.74, 6) is 2.13. The van der Waals surface area contributed by atoms with Crippen molar-refractivity contribution >= 4 is 118 Å². The molecule has 0 atom stereocenters. The Bertz CT molecular complexity index is 5330. The number of methoxy groups -OCH3 is 3. The Hall–Kier alpha value is -11.6. The topological polar surface area (TPSA) is 632 Å². The van der Waals surface area contributed by atoms with Gasteiger partial charge in [0.2, 0.25) is 26.7 Å². The second kappa shape index (κ2) is 56.3. The zero-order valence-corrected chi connectivity index (χ0v) is 86.0. The van der Waals surface area contributed by atoms with Crippen LogP contribution < -0.4 is 56.7 Å². The van der Waals surface area contributed by atoms with Crippen molar-refractivity contribution in [1.82, 2.24) is 58.7 Å². The molecule has 766 valence electrons. The summed E-state index contributed by atoms with van der Waals surface area (Å²) in [5, 5.41) is 111. The predicted molar refractivity (Wildman–Crippen MR) is 531 cm³/mol. The fourth-order valence-electron chi connectivity index (χ4n) is 11.0. The van der Waals surface area contributed by atoms with Gasteiger partial charge in [0.1, 0.15) is 68.7 Å². The molecule has 0 aromatic carbocycles. The molecule has 46 heteroatoms. The monoisotopic (exact) mass is 1970 g/mol. The van der Waals surface area contributed by atoms with Gasteiger partial charge in [0.15, 0.2) is 28.5 Å². The summed E-state index contributed by atoms with van der Waals surface area (Å²) in [6, 6.07) is 15.5. The number of carboxylic acids is 1. The minimum atomic E-state index is -3.19. The molecule has 137 heavy (non-hydrogen) atoms. The van der Waals surface area contributed by atoms with E-state index in [1.54, 1.807) is 217 Å². The molecule has 9 rings (SSSR count). The van der Waals surface area contributed by atoms with Crippen molar-refractivity contribution in [2.24, 2.45) is 16.6 Å². The minimum Gasteiger partial charge on any atom is -0.480 e. The van der Waals surface area contributed by atoms with E-state index < -0.39 is 77.6 Å². The number of nitrogens with one attached hydrogen (secondary N) is 4. The highest BCUT2D eigenvalue weighted by molar-refractivity contribution is 8.13. The number of halogens is 1. The molecule has 9 aromatic heterocycles. The van der Waals surface area contributed by atoms with Gasteiger partial charge in [-0.15, -0.1) is 0 Å². The first kappa shape index (κ1) is 123. The first-order chi connectivity index (χ1) is 63.0. The van der Waals surface area contributed by atoms with Crippen LogP contribution in [0.5, 0.6) is 17.6 Å². The normalized spacial score (nSPS) is 11.6. The van der Waals surface area contributed by atoms with Crippen LogP contribution in [-0.2, 0) is 18.5 Å². The number of anilines is 9. The van der Waals surface area contributed by atoms with Gasteiger partial charge in [-0.05, 0) is 251 Å². The number of Topliss-reactive ketones (excluding diaryl/α,β-unsaturated/α-hetero) is 2.